The topological polar surface area (TPSA) is 9.23 Å². The fourth-order valence-corrected chi connectivity index (χ4v) is 0.771. The van der Waals surface area contributed by atoms with Gasteiger partial charge in [-0.05, 0) is 0 Å². The zero-order valence-electron chi connectivity index (χ0n) is 6.02. The molecule has 0 fully saturated rings. The van der Waals surface area contributed by atoms with Crippen LogP contribution in [0.15, 0.2) is 18.2 Å². The molecule has 1 rings (SSSR count). The molecule has 0 heterocycles. The summed E-state index contributed by atoms with van der Waals surface area (Å²) in [5.41, 5.74) is 0. The zero-order chi connectivity index (χ0) is 7.56. The van der Waals surface area contributed by atoms with E-state index in [1.54, 1.807) is 6.07 Å². The Kier molecular flexibility index (Phi) is 2.37. The number of hydrogen-bond donors (Lipinski definition) is 0. The van der Waals surface area contributed by atoms with Gasteiger partial charge in [-0.15, -0.1) is 0 Å². The molecule has 0 N–H and O–H groups in total. The minimum atomic E-state index is -0.303. The van der Waals surface area contributed by atoms with Crippen molar-refractivity contribution in [2.75, 3.05) is 7.11 Å². The first-order valence-electron chi connectivity index (χ1n) is 3.04. The molecular weight excluding hydrogens is 126 g/mol. The molecule has 0 aromatic heterocycles. The van der Waals surface area contributed by atoms with Gasteiger partial charge in [0.2, 0.25) is 0 Å². The first-order chi connectivity index (χ1) is 4.74. The Bertz CT molecular complexity index is 237. The summed E-state index contributed by atoms with van der Waals surface area (Å²) in [6, 6.07) is 4.87. The number of ether oxygens (including phenoxy) is 1. The molecular formula is C7H6FLiO. The number of methoxy groups -OCH3 is 1. The third-order valence-corrected chi connectivity index (χ3v) is 1.31. The molecule has 3 heteroatoms. The molecule has 0 radical (unpaired) electrons. The van der Waals surface area contributed by atoms with Crippen LogP contribution >= 0.6 is 0 Å². The normalized spacial score (nSPS) is 9.60. The number of halogens is 1. The van der Waals surface area contributed by atoms with E-state index in [0.717, 1.165) is 4.24 Å². The van der Waals surface area contributed by atoms with Crippen LogP contribution in [0.3, 0.4) is 0 Å². The Balaban J connectivity index is 3.07. The first-order valence-corrected chi connectivity index (χ1v) is 3.04. The summed E-state index contributed by atoms with van der Waals surface area (Å²) in [7, 11) is 1.45. The van der Waals surface area contributed by atoms with Crippen molar-refractivity contribution in [3.05, 3.63) is 24.0 Å². The van der Waals surface area contributed by atoms with E-state index in [1.165, 1.54) is 13.2 Å². The van der Waals surface area contributed by atoms with Crippen molar-refractivity contribution in [3.8, 4) is 5.75 Å². The number of hydrogen-bond acceptors (Lipinski definition) is 1. The van der Waals surface area contributed by atoms with E-state index < -0.39 is 0 Å². The van der Waals surface area contributed by atoms with Crippen molar-refractivity contribution in [1.82, 2.24) is 0 Å². The summed E-state index contributed by atoms with van der Waals surface area (Å²) in [5, 5.41) is 0. The second-order valence-corrected chi connectivity index (χ2v) is 2.14. The Morgan fingerprint density at radius 1 is 1.50 bits per heavy atom. The van der Waals surface area contributed by atoms with Gasteiger partial charge in [0, 0.05) is 0 Å². The van der Waals surface area contributed by atoms with Gasteiger partial charge in [-0.1, -0.05) is 0 Å². The quantitative estimate of drug-likeness (QED) is 0.509. The van der Waals surface area contributed by atoms with Crippen molar-refractivity contribution in [3.63, 3.8) is 0 Å². The summed E-state index contributed by atoms with van der Waals surface area (Å²) in [6.45, 7) is 0. The van der Waals surface area contributed by atoms with Gasteiger partial charge >= 0.3 is 68.0 Å². The second kappa shape index (κ2) is 3.09. The second-order valence-electron chi connectivity index (χ2n) is 2.14. The average Bonchev–Trinajstić information content (AvgIpc) is 1.88. The van der Waals surface area contributed by atoms with Crippen LogP contribution in [0.1, 0.15) is 0 Å². The Hall–Kier alpha value is -0.453. The third kappa shape index (κ3) is 1.53. The van der Waals surface area contributed by atoms with Crippen LogP contribution in [0, 0.1) is 5.82 Å². The van der Waals surface area contributed by atoms with Gasteiger partial charge in [-0.3, -0.25) is 0 Å². The average molecular weight is 132 g/mol. The summed E-state index contributed by atoms with van der Waals surface area (Å²) < 4.78 is 18.4. The van der Waals surface area contributed by atoms with Crippen molar-refractivity contribution in [1.29, 1.82) is 0 Å². The molecule has 0 amide bonds. The molecule has 0 bridgehead atoms. The van der Waals surface area contributed by atoms with Gasteiger partial charge in [0.1, 0.15) is 0 Å². The fourth-order valence-electron chi connectivity index (χ4n) is 0.771. The molecule has 0 saturated heterocycles. The van der Waals surface area contributed by atoms with Crippen LogP contribution in [0.5, 0.6) is 5.75 Å². The molecule has 1 aromatic carbocycles. The van der Waals surface area contributed by atoms with E-state index in [9.17, 15) is 4.39 Å². The van der Waals surface area contributed by atoms with E-state index in [1.807, 2.05) is 23.8 Å². The molecule has 0 spiro atoms. The van der Waals surface area contributed by atoms with Crippen LogP contribution in [0.4, 0.5) is 4.39 Å². The standard InChI is InChI=1S/C7H6FO.Li/c1-9-7-5-3-2-4-6(7)8;/h3-5H,1H3;. The molecule has 0 atom stereocenters. The summed E-state index contributed by atoms with van der Waals surface area (Å²) in [5.74, 6) is -0.00639. The van der Waals surface area contributed by atoms with Gasteiger partial charge in [0.25, 0.3) is 0 Å². The molecule has 1 nitrogen and oxygen atoms in total. The maximum absolute atomic E-state index is 12.7. The Morgan fingerprint density at radius 2 is 2.20 bits per heavy atom. The van der Waals surface area contributed by atoms with E-state index in [0.29, 0.717) is 5.75 Å². The zero-order valence-corrected chi connectivity index (χ0v) is 6.02. The fraction of sp³-hybridized carbons (Fsp3) is 0.143. The Morgan fingerprint density at radius 3 is 2.70 bits per heavy atom. The van der Waals surface area contributed by atoms with Gasteiger partial charge in [-0.25, -0.2) is 0 Å². The maximum atomic E-state index is 12.7. The Labute approximate surface area is 68.4 Å². The van der Waals surface area contributed by atoms with Crippen LogP contribution in [0.25, 0.3) is 0 Å². The van der Waals surface area contributed by atoms with Crippen LogP contribution in [-0.2, 0) is 0 Å². The predicted molar refractivity (Wildman–Crippen MR) is 38.3 cm³/mol. The van der Waals surface area contributed by atoms with Crippen molar-refractivity contribution < 1.29 is 9.13 Å². The molecule has 1 aromatic rings. The summed E-state index contributed by atoms with van der Waals surface area (Å²) in [4.78, 5) is 0. The van der Waals surface area contributed by atoms with Crippen molar-refractivity contribution in [2.24, 2.45) is 0 Å². The SMILES string of the molecule is [Li][c]1ccc(OC)c(F)c1. The van der Waals surface area contributed by atoms with Crippen LogP contribution in [-0.4, -0.2) is 24.8 Å². The monoisotopic (exact) mass is 132 g/mol. The molecule has 0 aliphatic heterocycles. The molecule has 48 valence electrons. The number of benzene rings is 1. The van der Waals surface area contributed by atoms with Crippen LogP contribution in [0.2, 0.25) is 0 Å². The van der Waals surface area contributed by atoms with E-state index in [-0.39, 0.29) is 5.82 Å². The predicted octanol–water partition coefficient (Wildman–Crippen LogP) is 0.628. The number of rotatable bonds is 1. The minimum absolute atomic E-state index is 0.297. The first kappa shape index (κ1) is 7.65. The molecule has 0 saturated carbocycles. The van der Waals surface area contributed by atoms with Gasteiger partial charge in [0.05, 0.1) is 0 Å². The molecule has 0 aliphatic carbocycles. The van der Waals surface area contributed by atoms with Gasteiger partial charge < -0.3 is 0 Å². The third-order valence-electron chi connectivity index (χ3n) is 1.31. The van der Waals surface area contributed by atoms with E-state index >= 15 is 0 Å². The molecule has 0 unspecified atom stereocenters. The van der Waals surface area contributed by atoms with Gasteiger partial charge in [0.15, 0.2) is 0 Å². The summed E-state index contributed by atoms with van der Waals surface area (Å²) in [6.07, 6.45) is 0. The molecule has 0 aliphatic rings. The van der Waals surface area contributed by atoms with Crippen molar-refractivity contribution in [2.45, 2.75) is 0 Å². The summed E-state index contributed by atoms with van der Waals surface area (Å²) >= 11 is 1.84. The van der Waals surface area contributed by atoms with E-state index in [2.05, 4.69) is 0 Å². The van der Waals surface area contributed by atoms with Gasteiger partial charge in [-0.2, -0.15) is 0 Å². The van der Waals surface area contributed by atoms with E-state index in [4.69, 9.17) is 4.74 Å². The molecule has 10 heavy (non-hydrogen) atoms. The van der Waals surface area contributed by atoms with Crippen LogP contribution < -0.4 is 8.97 Å². The van der Waals surface area contributed by atoms with Crippen molar-refractivity contribution >= 4 is 22.0 Å².